The SMILES string of the molecule is CN(C)c1ccc(C=C2C(=O)NC(=O)N(CC3CCCO3)C2=O)cc1. The summed E-state index contributed by atoms with van der Waals surface area (Å²) in [4.78, 5) is 39.7. The van der Waals surface area contributed by atoms with Gasteiger partial charge in [0.2, 0.25) is 0 Å². The van der Waals surface area contributed by atoms with Crippen molar-refractivity contribution in [2.24, 2.45) is 0 Å². The lowest BCUT2D eigenvalue weighted by molar-refractivity contribution is -0.131. The van der Waals surface area contributed by atoms with Gasteiger partial charge in [0.1, 0.15) is 5.57 Å². The third-order valence-electron chi connectivity index (χ3n) is 4.32. The number of nitrogens with one attached hydrogen (secondary N) is 1. The molecule has 0 spiro atoms. The highest BCUT2D eigenvalue weighted by Gasteiger charge is 2.37. The minimum Gasteiger partial charge on any atom is -0.378 e. The summed E-state index contributed by atoms with van der Waals surface area (Å²) in [6.07, 6.45) is 3.06. The Hall–Kier alpha value is -2.67. The van der Waals surface area contributed by atoms with Crippen molar-refractivity contribution in [3.8, 4) is 0 Å². The second kappa shape index (κ2) is 7.06. The molecule has 0 aromatic heterocycles. The number of hydrogen-bond acceptors (Lipinski definition) is 5. The number of imide groups is 2. The van der Waals surface area contributed by atoms with Crippen LogP contribution in [0.3, 0.4) is 0 Å². The predicted octanol–water partition coefficient (Wildman–Crippen LogP) is 1.39. The quantitative estimate of drug-likeness (QED) is 0.660. The number of carbonyl (C=O) groups is 3. The van der Waals surface area contributed by atoms with E-state index < -0.39 is 17.8 Å². The van der Waals surface area contributed by atoms with Crippen LogP contribution in [-0.2, 0) is 14.3 Å². The Bertz CT molecular complexity index is 718. The molecule has 2 aliphatic heterocycles. The van der Waals surface area contributed by atoms with Crippen LogP contribution < -0.4 is 10.2 Å². The van der Waals surface area contributed by atoms with Gasteiger partial charge in [-0.1, -0.05) is 12.1 Å². The Balaban J connectivity index is 1.82. The Morgan fingerprint density at radius 1 is 1.24 bits per heavy atom. The fourth-order valence-electron chi connectivity index (χ4n) is 2.89. The zero-order chi connectivity index (χ0) is 18.0. The predicted molar refractivity (Wildman–Crippen MR) is 93.0 cm³/mol. The van der Waals surface area contributed by atoms with Gasteiger partial charge < -0.3 is 9.64 Å². The molecule has 1 unspecified atom stereocenters. The van der Waals surface area contributed by atoms with Gasteiger partial charge in [0.25, 0.3) is 11.8 Å². The standard InChI is InChI=1S/C18H21N3O4/c1-20(2)13-7-5-12(6-8-13)10-15-16(22)19-18(24)21(17(15)23)11-14-4-3-9-25-14/h5-8,10,14H,3-4,9,11H2,1-2H3,(H,19,22,24). The normalized spacial score (nSPS) is 22.5. The number of nitrogens with zero attached hydrogens (tertiary/aromatic N) is 2. The van der Waals surface area contributed by atoms with Crippen LogP contribution in [0.4, 0.5) is 10.5 Å². The maximum Gasteiger partial charge on any atom is 0.331 e. The number of urea groups is 1. The van der Waals surface area contributed by atoms with Crippen molar-refractivity contribution in [2.45, 2.75) is 18.9 Å². The third kappa shape index (κ3) is 3.71. The first-order valence-corrected chi connectivity index (χ1v) is 8.23. The highest BCUT2D eigenvalue weighted by atomic mass is 16.5. The van der Waals surface area contributed by atoms with Gasteiger partial charge in [0.15, 0.2) is 0 Å². The molecule has 1 atom stereocenters. The molecule has 2 fully saturated rings. The van der Waals surface area contributed by atoms with Crippen LogP contribution in [0, 0.1) is 0 Å². The summed E-state index contributed by atoms with van der Waals surface area (Å²) >= 11 is 0. The summed E-state index contributed by atoms with van der Waals surface area (Å²) in [5.74, 6) is -1.25. The van der Waals surface area contributed by atoms with Gasteiger partial charge in [-0.3, -0.25) is 19.8 Å². The molecule has 25 heavy (non-hydrogen) atoms. The Morgan fingerprint density at radius 2 is 1.96 bits per heavy atom. The molecule has 132 valence electrons. The molecule has 1 aromatic rings. The summed E-state index contributed by atoms with van der Waals surface area (Å²) in [6, 6.07) is 6.75. The van der Waals surface area contributed by atoms with E-state index in [0.29, 0.717) is 6.61 Å². The van der Waals surface area contributed by atoms with Crippen LogP contribution in [0.5, 0.6) is 0 Å². The lowest BCUT2D eigenvalue weighted by atomic mass is 10.1. The number of benzene rings is 1. The molecule has 2 heterocycles. The van der Waals surface area contributed by atoms with Gasteiger partial charge in [-0.15, -0.1) is 0 Å². The highest BCUT2D eigenvalue weighted by Crippen LogP contribution is 2.20. The second-order valence-electron chi connectivity index (χ2n) is 6.35. The van der Waals surface area contributed by atoms with Gasteiger partial charge in [-0.05, 0) is 36.6 Å². The van der Waals surface area contributed by atoms with E-state index in [1.807, 2.05) is 43.3 Å². The van der Waals surface area contributed by atoms with Crippen LogP contribution in [0.25, 0.3) is 6.08 Å². The first-order chi connectivity index (χ1) is 12.0. The molecular weight excluding hydrogens is 322 g/mol. The monoisotopic (exact) mass is 343 g/mol. The smallest absolute Gasteiger partial charge is 0.331 e. The van der Waals surface area contributed by atoms with Gasteiger partial charge in [0.05, 0.1) is 12.6 Å². The molecule has 2 aliphatic rings. The van der Waals surface area contributed by atoms with Crippen molar-refractivity contribution >= 4 is 29.6 Å². The van der Waals surface area contributed by atoms with Crippen molar-refractivity contribution in [2.75, 3.05) is 32.1 Å². The molecule has 0 saturated carbocycles. The van der Waals surface area contributed by atoms with Gasteiger partial charge in [-0.25, -0.2) is 4.79 Å². The summed E-state index contributed by atoms with van der Waals surface area (Å²) in [7, 11) is 3.86. The number of ether oxygens (including phenoxy) is 1. The van der Waals surface area contributed by atoms with Crippen molar-refractivity contribution in [1.29, 1.82) is 0 Å². The second-order valence-corrected chi connectivity index (χ2v) is 6.35. The molecule has 0 aliphatic carbocycles. The first-order valence-electron chi connectivity index (χ1n) is 8.23. The summed E-state index contributed by atoms with van der Waals surface area (Å²) in [6.45, 7) is 0.795. The van der Waals surface area contributed by atoms with Crippen molar-refractivity contribution in [1.82, 2.24) is 10.2 Å². The number of hydrogen-bond donors (Lipinski definition) is 1. The average Bonchev–Trinajstić information content (AvgIpc) is 3.09. The van der Waals surface area contributed by atoms with Gasteiger partial charge in [-0.2, -0.15) is 0 Å². The average molecular weight is 343 g/mol. The van der Waals surface area contributed by atoms with Crippen LogP contribution in [0.2, 0.25) is 0 Å². The molecule has 0 radical (unpaired) electrons. The number of barbiturate groups is 1. The molecule has 2 saturated heterocycles. The van der Waals surface area contributed by atoms with E-state index in [4.69, 9.17) is 4.74 Å². The van der Waals surface area contributed by atoms with E-state index in [2.05, 4.69) is 5.32 Å². The maximum absolute atomic E-state index is 12.6. The van der Waals surface area contributed by atoms with Gasteiger partial charge >= 0.3 is 6.03 Å². The Kier molecular flexibility index (Phi) is 4.85. The van der Waals surface area contributed by atoms with Crippen LogP contribution in [0.1, 0.15) is 18.4 Å². The largest absolute Gasteiger partial charge is 0.378 e. The summed E-state index contributed by atoms with van der Waals surface area (Å²) in [5, 5.41) is 2.23. The van der Waals surface area contributed by atoms with Crippen molar-refractivity contribution in [3.63, 3.8) is 0 Å². The topological polar surface area (TPSA) is 79.0 Å². The highest BCUT2D eigenvalue weighted by molar-refractivity contribution is 6.31. The van der Waals surface area contributed by atoms with Crippen LogP contribution in [0.15, 0.2) is 29.8 Å². The number of anilines is 1. The minimum absolute atomic E-state index is 0.0461. The van der Waals surface area contributed by atoms with E-state index >= 15 is 0 Å². The summed E-state index contributed by atoms with van der Waals surface area (Å²) < 4.78 is 5.49. The minimum atomic E-state index is -0.689. The van der Waals surface area contributed by atoms with E-state index in [-0.39, 0.29) is 18.2 Å². The lowest BCUT2D eigenvalue weighted by Gasteiger charge is -2.28. The maximum atomic E-state index is 12.6. The molecule has 7 nitrogen and oxygen atoms in total. The van der Waals surface area contributed by atoms with Crippen molar-refractivity contribution in [3.05, 3.63) is 35.4 Å². The van der Waals surface area contributed by atoms with Crippen molar-refractivity contribution < 1.29 is 19.1 Å². The first kappa shape index (κ1) is 17.2. The number of carbonyl (C=O) groups excluding carboxylic acids is 3. The fourth-order valence-corrected chi connectivity index (χ4v) is 2.89. The molecule has 0 bridgehead atoms. The van der Waals surface area contributed by atoms with Gasteiger partial charge in [0, 0.05) is 26.4 Å². The molecule has 4 amide bonds. The molecule has 1 aromatic carbocycles. The van der Waals surface area contributed by atoms with Crippen LogP contribution >= 0.6 is 0 Å². The van der Waals surface area contributed by atoms with E-state index in [1.165, 1.54) is 6.08 Å². The molecule has 7 heteroatoms. The van der Waals surface area contributed by atoms with E-state index in [0.717, 1.165) is 29.0 Å². The third-order valence-corrected chi connectivity index (χ3v) is 4.32. The fraction of sp³-hybridized carbons (Fsp3) is 0.389. The zero-order valence-corrected chi connectivity index (χ0v) is 14.3. The van der Waals surface area contributed by atoms with E-state index in [1.54, 1.807) is 0 Å². The molecule has 3 rings (SSSR count). The molecule has 1 N–H and O–H groups in total. The Morgan fingerprint density at radius 3 is 2.56 bits per heavy atom. The summed E-state index contributed by atoms with van der Waals surface area (Å²) in [5.41, 5.74) is 1.68. The molecular formula is C18H21N3O4. The van der Waals surface area contributed by atoms with Crippen LogP contribution in [-0.4, -0.2) is 56.1 Å². The number of amides is 4. The Labute approximate surface area is 146 Å². The van der Waals surface area contributed by atoms with E-state index in [9.17, 15) is 14.4 Å². The number of rotatable bonds is 4. The zero-order valence-electron chi connectivity index (χ0n) is 14.3. The lowest BCUT2D eigenvalue weighted by Crippen LogP contribution is -2.55.